The number of nitrogens with zero attached hydrogens (tertiary/aromatic N) is 2. The molecular weight excluding hydrogens is 442 g/mol. The molecule has 0 aliphatic rings. The van der Waals surface area contributed by atoms with Gasteiger partial charge in [-0.2, -0.15) is 4.31 Å². The second kappa shape index (κ2) is 10.1. The summed E-state index contributed by atoms with van der Waals surface area (Å²) in [6.45, 7) is 6.27. The summed E-state index contributed by atoms with van der Waals surface area (Å²) >= 11 is 1.34. The van der Waals surface area contributed by atoms with Gasteiger partial charge in [0.15, 0.2) is 5.13 Å². The normalized spacial score (nSPS) is 11.3. The van der Waals surface area contributed by atoms with Crippen LogP contribution in [0.3, 0.4) is 0 Å². The Labute approximate surface area is 193 Å². The summed E-state index contributed by atoms with van der Waals surface area (Å²) in [6.07, 6.45) is 5.96. The van der Waals surface area contributed by atoms with Crippen LogP contribution in [0.2, 0.25) is 0 Å². The van der Waals surface area contributed by atoms with Gasteiger partial charge >= 0.3 is 0 Å². The van der Waals surface area contributed by atoms with Crippen molar-refractivity contribution in [1.29, 1.82) is 0 Å². The Morgan fingerprint density at radius 1 is 1.19 bits per heavy atom. The molecule has 1 aromatic heterocycles. The highest BCUT2D eigenvalue weighted by molar-refractivity contribution is 7.89. The van der Waals surface area contributed by atoms with Crippen molar-refractivity contribution in [1.82, 2.24) is 9.29 Å². The Morgan fingerprint density at radius 3 is 2.56 bits per heavy atom. The highest BCUT2D eigenvalue weighted by Gasteiger charge is 2.23. The van der Waals surface area contributed by atoms with E-state index in [1.54, 1.807) is 0 Å². The fraction of sp³-hybridized carbons (Fsp3) is 0.250. The molecule has 32 heavy (non-hydrogen) atoms. The molecule has 8 heteroatoms. The van der Waals surface area contributed by atoms with Crippen molar-refractivity contribution in [3.05, 3.63) is 64.5 Å². The first kappa shape index (κ1) is 23.7. The number of thiazole rings is 1. The van der Waals surface area contributed by atoms with Crippen LogP contribution in [0.4, 0.5) is 5.13 Å². The first-order chi connectivity index (χ1) is 15.3. The molecule has 0 aliphatic carbocycles. The zero-order valence-electron chi connectivity index (χ0n) is 18.3. The quantitative estimate of drug-likeness (QED) is 0.487. The van der Waals surface area contributed by atoms with E-state index in [0.717, 1.165) is 22.4 Å². The molecule has 2 aromatic carbocycles. The van der Waals surface area contributed by atoms with Crippen LogP contribution in [0.5, 0.6) is 0 Å². The van der Waals surface area contributed by atoms with Crippen molar-refractivity contribution in [3.8, 4) is 23.6 Å². The maximum Gasteiger partial charge on any atom is 0.257 e. The van der Waals surface area contributed by atoms with Crippen LogP contribution in [0.25, 0.3) is 11.3 Å². The number of benzene rings is 2. The van der Waals surface area contributed by atoms with Crippen LogP contribution >= 0.6 is 11.3 Å². The van der Waals surface area contributed by atoms with Gasteiger partial charge in [-0.05, 0) is 56.2 Å². The van der Waals surface area contributed by atoms with Gasteiger partial charge in [0.05, 0.1) is 17.1 Å². The van der Waals surface area contributed by atoms with Crippen molar-refractivity contribution < 1.29 is 13.2 Å². The Hall–Kier alpha value is -2.99. The number of aromatic nitrogens is 1. The number of nitrogens with one attached hydrogen (secondary N) is 1. The largest absolute Gasteiger partial charge is 0.298 e. The molecule has 0 atom stereocenters. The third kappa shape index (κ3) is 5.25. The first-order valence-electron chi connectivity index (χ1n) is 10.1. The summed E-state index contributed by atoms with van der Waals surface area (Å²) in [5.41, 5.74) is 4.42. The molecule has 0 spiro atoms. The molecule has 0 fully saturated rings. The van der Waals surface area contributed by atoms with Crippen molar-refractivity contribution in [2.24, 2.45) is 0 Å². The molecule has 0 aliphatic heterocycles. The maximum absolute atomic E-state index is 12.8. The molecule has 6 nitrogen and oxygen atoms in total. The fourth-order valence-corrected chi connectivity index (χ4v) is 5.35. The summed E-state index contributed by atoms with van der Waals surface area (Å²) in [5, 5.41) is 5.17. The Morgan fingerprint density at radius 2 is 1.91 bits per heavy atom. The lowest BCUT2D eigenvalue weighted by molar-refractivity contribution is 0.102. The van der Waals surface area contributed by atoms with Gasteiger partial charge in [0.1, 0.15) is 0 Å². The fourth-order valence-electron chi connectivity index (χ4n) is 3.20. The smallest absolute Gasteiger partial charge is 0.257 e. The van der Waals surface area contributed by atoms with Crippen LogP contribution in [0.1, 0.15) is 34.8 Å². The molecule has 3 rings (SSSR count). The van der Waals surface area contributed by atoms with Crippen molar-refractivity contribution >= 4 is 32.4 Å². The summed E-state index contributed by atoms with van der Waals surface area (Å²) in [6, 6.07) is 12.0. The zero-order valence-corrected chi connectivity index (χ0v) is 19.9. The molecule has 0 saturated carbocycles. The average molecular weight is 468 g/mol. The Balaban J connectivity index is 1.75. The summed E-state index contributed by atoms with van der Waals surface area (Å²) < 4.78 is 26.8. The number of rotatable bonds is 8. The van der Waals surface area contributed by atoms with Gasteiger partial charge in [0.2, 0.25) is 10.0 Å². The Bertz CT molecular complexity index is 1260. The lowest BCUT2D eigenvalue weighted by Gasteiger charge is -2.19. The highest BCUT2D eigenvalue weighted by atomic mass is 32.2. The van der Waals surface area contributed by atoms with E-state index in [-0.39, 0.29) is 17.3 Å². The van der Waals surface area contributed by atoms with Crippen LogP contribution in [0.15, 0.2) is 52.7 Å². The Kier molecular flexibility index (Phi) is 7.46. The van der Waals surface area contributed by atoms with Crippen molar-refractivity contribution in [2.75, 3.05) is 18.4 Å². The predicted octanol–water partition coefficient (Wildman–Crippen LogP) is 4.71. The van der Waals surface area contributed by atoms with Gasteiger partial charge < -0.3 is 0 Å². The predicted molar refractivity (Wildman–Crippen MR) is 129 cm³/mol. The molecule has 3 aromatic rings. The number of sulfonamides is 1. The zero-order chi connectivity index (χ0) is 23.3. The first-order valence-corrected chi connectivity index (χ1v) is 12.5. The van der Waals surface area contributed by atoms with E-state index in [1.807, 2.05) is 38.3 Å². The second-order valence-corrected chi connectivity index (χ2v) is 10.2. The minimum absolute atomic E-state index is 0.00516. The summed E-state index contributed by atoms with van der Waals surface area (Å²) in [5.74, 6) is 2.03. The summed E-state index contributed by atoms with van der Waals surface area (Å²) in [7, 11) is -3.71. The maximum atomic E-state index is 12.8. The van der Waals surface area contributed by atoms with Gasteiger partial charge in [0, 0.05) is 23.1 Å². The molecule has 1 heterocycles. The monoisotopic (exact) mass is 467 g/mol. The van der Waals surface area contributed by atoms with Gasteiger partial charge in [-0.1, -0.05) is 30.5 Å². The number of terminal acetylenes is 1. The van der Waals surface area contributed by atoms with Gasteiger partial charge in [-0.15, -0.1) is 17.8 Å². The van der Waals surface area contributed by atoms with Crippen LogP contribution < -0.4 is 5.32 Å². The van der Waals surface area contributed by atoms with E-state index in [0.29, 0.717) is 23.7 Å². The minimum Gasteiger partial charge on any atom is -0.298 e. The molecular formula is C24H25N3O3S2. The lowest BCUT2D eigenvalue weighted by Crippen LogP contribution is -2.32. The average Bonchev–Trinajstić information content (AvgIpc) is 3.23. The standard InChI is InChI=1S/C24H25N3O3S2/c1-5-13-27(14-6-2)32(29,30)20-11-9-19(10-12-20)23(28)26-24-25-22(16-31-24)21-15-17(3)7-8-18(21)4/h1,7-12,15-16H,6,13-14H2,2-4H3,(H,25,26,28). The molecule has 0 saturated heterocycles. The van der Waals surface area contributed by atoms with Crippen molar-refractivity contribution in [2.45, 2.75) is 32.1 Å². The topological polar surface area (TPSA) is 79.4 Å². The van der Waals surface area contributed by atoms with E-state index in [9.17, 15) is 13.2 Å². The molecule has 166 valence electrons. The molecule has 0 radical (unpaired) electrons. The van der Waals surface area contributed by atoms with Crippen LogP contribution in [-0.4, -0.2) is 36.7 Å². The number of amides is 1. The highest BCUT2D eigenvalue weighted by Crippen LogP contribution is 2.28. The lowest BCUT2D eigenvalue weighted by atomic mass is 10.0. The molecule has 1 amide bonds. The third-order valence-corrected chi connectivity index (χ3v) is 7.51. The van der Waals surface area contributed by atoms with E-state index < -0.39 is 10.0 Å². The van der Waals surface area contributed by atoms with Crippen molar-refractivity contribution in [3.63, 3.8) is 0 Å². The van der Waals surface area contributed by atoms with E-state index in [1.165, 1.54) is 39.9 Å². The van der Waals surface area contributed by atoms with Gasteiger partial charge in [-0.25, -0.2) is 13.4 Å². The van der Waals surface area contributed by atoms with Gasteiger partial charge in [0.25, 0.3) is 5.91 Å². The number of hydrogen-bond acceptors (Lipinski definition) is 5. The molecule has 0 bridgehead atoms. The summed E-state index contributed by atoms with van der Waals surface area (Å²) in [4.78, 5) is 17.3. The molecule has 1 N–H and O–H groups in total. The number of carbonyl (C=O) groups is 1. The number of anilines is 1. The van der Waals surface area contributed by atoms with E-state index in [4.69, 9.17) is 6.42 Å². The number of aryl methyl sites for hydroxylation is 2. The SMILES string of the molecule is C#CCN(CCC)S(=O)(=O)c1ccc(C(=O)Nc2nc(-c3cc(C)ccc3C)cs2)cc1. The van der Waals surface area contributed by atoms with Crippen LogP contribution in [0, 0.1) is 26.2 Å². The minimum atomic E-state index is -3.71. The van der Waals surface area contributed by atoms with Crippen LogP contribution in [-0.2, 0) is 10.0 Å². The van der Waals surface area contributed by atoms with E-state index >= 15 is 0 Å². The molecule has 0 unspecified atom stereocenters. The number of hydrogen-bond donors (Lipinski definition) is 1. The third-order valence-electron chi connectivity index (χ3n) is 4.89. The van der Waals surface area contributed by atoms with E-state index in [2.05, 4.69) is 22.3 Å². The second-order valence-electron chi connectivity index (χ2n) is 7.38. The van der Waals surface area contributed by atoms with Gasteiger partial charge in [-0.3, -0.25) is 10.1 Å². The number of carbonyl (C=O) groups excluding carboxylic acids is 1.